The number of aryl methyl sites for hydroxylation is 3. The van der Waals surface area contributed by atoms with Crippen molar-refractivity contribution in [2.75, 3.05) is 0 Å². The zero-order chi connectivity index (χ0) is 15.9. The number of nitrogens with zero attached hydrogens (tertiary/aromatic N) is 6. The van der Waals surface area contributed by atoms with Crippen LogP contribution in [0.3, 0.4) is 0 Å². The summed E-state index contributed by atoms with van der Waals surface area (Å²) in [6.45, 7) is 3.68. The molecule has 22 heavy (non-hydrogen) atoms. The molecule has 0 saturated carbocycles. The van der Waals surface area contributed by atoms with E-state index in [0.717, 1.165) is 11.3 Å². The van der Waals surface area contributed by atoms with Crippen LogP contribution in [0.4, 0.5) is 8.78 Å². The van der Waals surface area contributed by atoms with Crippen molar-refractivity contribution in [1.82, 2.24) is 29.8 Å². The molecule has 0 atom stereocenters. The number of alkyl halides is 2. The first-order valence-corrected chi connectivity index (χ1v) is 6.59. The van der Waals surface area contributed by atoms with E-state index < -0.39 is 6.43 Å². The third kappa shape index (κ3) is 2.61. The van der Waals surface area contributed by atoms with Crippen LogP contribution in [0.25, 0.3) is 11.5 Å². The van der Waals surface area contributed by atoms with Crippen molar-refractivity contribution >= 4 is 0 Å². The van der Waals surface area contributed by atoms with Crippen LogP contribution in [0.5, 0.6) is 0 Å². The highest BCUT2D eigenvalue weighted by atomic mass is 19.3. The largest absolute Gasteiger partial charge is 0.419 e. The van der Waals surface area contributed by atoms with Gasteiger partial charge in [-0.2, -0.15) is 10.2 Å². The van der Waals surface area contributed by atoms with Gasteiger partial charge in [0.25, 0.3) is 12.3 Å². The van der Waals surface area contributed by atoms with Crippen LogP contribution in [0.1, 0.15) is 29.4 Å². The van der Waals surface area contributed by atoms with E-state index in [0.29, 0.717) is 17.5 Å². The summed E-state index contributed by atoms with van der Waals surface area (Å²) < 4.78 is 33.9. The van der Waals surface area contributed by atoms with E-state index in [2.05, 4.69) is 20.4 Å². The Morgan fingerprint density at radius 2 is 2.00 bits per heavy atom. The summed E-state index contributed by atoms with van der Waals surface area (Å²) in [7, 11) is 1.80. The van der Waals surface area contributed by atoms with Crippen molar-refractivity contribution in [3.05, 3.63) is 35.2 Å². The molecule has 0 unspecified atom stereocenters. The number of rotatable bonds is 4. The molecular weight excluding hydrogens is 294 g/mol. The molecule has 0 saturated heterocycles. The molecule has 0 aromatic carbocycles. The summed E-state index contributed by atoms with van der Waals surface area (Å²) in [5.74, 6) is 0.643. The third-order valence-corrected chi connectivity index (χ3v) is 3.22. The number of hydrogen-bond acceptors (Lipinski definition) is 5. The average Bonchev–Trinajstić information content (AvgIpc) is 3.11. The molecule has 0 aliphatic heterocycles. The Kier molecular flexibility index (Phi) is 3.47. The minimum absolute atomic E-state index is 0.144. The summed E-state index contributed by atoms with van der Waals surface area (Å²) in [5.41, 5.74) is 1.85. The van der Waals surface area contributed by atoms with E-state index in [1.165, 1.54) is 10.7 Å². The van der Waals surface area contributed by atoms with E-state index in [4.69, 9.17) is 4.42 Å². The van der Waals surface area contributed by atoms with Gasteiger partial charge in [0, 0.05) is 18.9 Å². The summed E-state index contributed by atoms with van der Waals surface area (Å²) >= 11 is 0. The lowest BCUT2D eigenvalue weighted by Gasteiger charge is -1.99. The Morgan fingerprint density at radius 3 is 2.59 bits per heavy atom. The average molecular weight is 308 g/mol. The number of aromatic nitrogens is 6. The van der Waals surface area contributed by atoms with Crippen LogP contribution in [0, 0.1) is 13.8 Å². The lowest BCUT2D eigenvalue weighted by atomic mass is 10.3. The van der Waals surface area contributed by atoms with Crippen molar-refractivity contribution in [3.63, 3.8) is 0 Å². The van der Waals surface area contributed by atoms with Gasteiger partial charge in [-0.05, 0) is 19.9 Å². The lowest BCUT2D eigenvalue weighted by molar-refractivity contribution is 0.145. The normalized spacial score (nSPS) is 11.5. The highest BCUT2D eigenvalue weighted by Crippen LogP contribution is 2.22. The quantitative estimate of drug-likeness (QED) is 0.739. The Bertz CT molecular complexity index is 803. The van der Waals surface area contributed by atoms with Gasteiger partial charge in [-0.15, -0.1) is 10.2 Å². The molecule has 0 radical (unpaired) electrons. The second kappa shape index (κ2) is 5.32. The van der Waals surface area contributed by atoms with E-state index >= 15 is 0 Å². The standard InChI is InChI=1S/C13H14F2N6O/c1-7-4-10(12(14)15)19-21(7)6-11-16-17-13(22-11)9-5-20(3)18-8(9)2/h4-5,12H,6H2,1-3H3. The van der Waals surface area contributed by atoms with Gasteiger partial charge in [-0.3, -0.25) is 9.36 Å². The fourth-order valence-corrected chi connectivity index (χ4v) is 2.17. The fraction of sp³-hybridized carbons (Fsp3) is 0.385. The van der Waals surface area contributed by atoms with Gasteiger partial charge in [0.15, 0.2) is 0 Å². The maximum absolute atomic E-state index is 12.6. The van der Waals surface area contributed by atoms with Crippen molar-refractivity contribution in [2.45, 2.75) is 26.8 Å². The molecule has 0 fully saturated rings. The molecule has 116 valence electrons. The lowest BCUT2D eigenvalue weighted by Crippen LogP contribution is -2.04. The molecule has 7 nitrogen and oxygen atoms in total. The minimum atomic E-state index is -2.60. The molecule has 3 heterocycles. The Morgan fingerprint density at radius 1 is 1.23 bits per heavy atom. The maximum atomic E-state index is 12.6. The van der Waals surface area contributed by atoms with Crippen LogP contribution in [-0.2, 0) is 13.6 Å². The highest BCUT2D eigenvalue weighted by molar-refractivity contribution is 5.54. The number of halogens is 2. The summed E-state index contributed by atoms with van der Waals surface area (Å²) in [6.07, 6.45) is -0.822. The fourth-order valence-electron chi connectivity index (χ4n) is 2.17. The summed E-state index contributed by atoms with van der Waals surface area (Å²) in [6, 6.07) is 1.34. The SMILES string of the molecule is Cc1nn(C)cc1-c1nnc(Cn2nc(C(F)F)cc2C)o1. The van der Waals surface area contributed by atoms with Gasteiger partial charge in [-0.25, -0.2) is 8.78 Å². The molecule has 0 aliphatic carbocycles. The maximum Gasteiger partial charge on any atom is 0.282 e. The molecule has 3 rings (SSSR count). The van der Waals surface area contributed by atoms with E-state index in [1.807, 2.05) is 6.92 Å². The molecule has 0 aliphatic rings. The predicted octanol–water partition coefficient (Wildman–Crippen LogP) is 2.27. The van der Waals surface area contributed by atoms with Gasteiger partial charge in [0.2, 0.25) is 5.89 Å². The molecule has 0 N–H and O–H groups in total. The molecule has 3 aromatic heterocycles. The Labute approximate surface area is 124 Å². The molecule has 0 bridgehead atoms. The summed E-state index contributed by atoms with van der Waals surface area (Å²) in [5, 5.41) is 15.9. The van der Waals surface area contributed by atoms with E-state index in [1.54, 1.807) is 24.9 Å². The van der Waals surface area contributed by atoms with Gasteiger partial charge < -0.3 is 4.42 Å². The first-order valence-electron chi connectivity index (χ1n) is 6.59. The van der Waals surface area contributed by atoms with Crippen LogP contribution in [-0.4, -0.2) is 29.8 Å². The highest BCUT2D eigenvalue weighted by Gasteiger charge is 2.17. The second-order valence-electron chi connectivity index (χ2n) is 4.97. The molecular formula is C13H14F2N6O. The van der Waals surface area contributed by atoms with Crippen molar-refractivity contribution < 1.29 is 13.2 Å². The first-order chi connectivity index (χ1) is 10.4. The van der Waals surface area contributed by atoms with Gasteiger partial charge in [-0.1, -0.05) is 0 Å². The Hall–Kier alpha value is -2.58. The Balaban J connectivity index is 1.84. The van der Waals surface area contributed by atoms with Crippen LogP contribution < -0.4 is 0 Å². The van der Waals surface area contributed by atoms with Crippen molar-refractivity contribution in [3.8, 4) is 11.5 Å². The summed E-state index contributed by atoms with van der Waals surface area (Å²) in [4.78, 5) is 0. The second-order valence-corrected chi connectivity index (χ2v) is 4.97. The molecule has 0 amide bonds. The number of hydrogen-bond donors (Lipinski definition) is 0. The van der Waals surface area contributed by atoms with Gasteiger partial charge in [0.05, 0.1) is 11.3 Å². The third-order valence-electron chi connectivity index (χ3n) is 3.22. The van der Waals surface area contributed by atoms with Crippen LogP contribution in [0.2, 0.25) is 0 Å². The van der Waals surface area contributed by atoms with E-state index in [-0.39, 0.29) is 12.2 Å². The zero-order valence-corrected chi connectivity index (χ0v) is 12.3. The topological polar surface area (TPSA) is 74.6 Å². The van der Waals surface area contributed by atoms with Crippen LogP contribution >= 0.6 is 0 Å². The van der Waals surface area contributed by atoms with Crippen LogP contribution in [0.15, 0.2) is 16.7 Å². The van der Waals surface area contributed by atoms with Gasteiger partial charge >= 0.3 is 0 Å². The van der Waals surface area contributed by atoms with Crippen molar-refractivity contribution in [2.24, 2.45) is 7.05 Å². The molecule has 9 heteroatoms. The van der Waals surface area contributed by atoms with Gasteiger partial charge in [0.1, 0.15) is 12.2 Å². The minimum Gasteiger partial charge on any atom is -0.419 e. The van der Waals surface area contributed by atoms with E-state index in [9.17, 15) is 8.78 Å². The smallest absolute Gasteiger partial charge is 0.282 e. The predicted molar refractivity (Wildman–Crippen MR) is 72.3 cm³/mol. The monoisotopic (exact) mass is 308 g/mol. The molecule has 0 spiro atoms. The first kappa shape index (κ1) is 14.4. The van der Waals surface area contributed by atoms with Crippen molar-refractivity contribution in [1.29, 1.82) is 0 Å². The molecule has 3 aromatic rings. The zero-order valence-electron chi connectivity index (χ0n) is 12.3.